The van der Waals surface area contributed by atoms with Crippen LogP contribution in [0.15, 0.2) is 43.4 Å². The highest BCUT2D eigenvalue weighted by atomic mass is 127. The molecule has 0 saturated heterocycles. The molecule has 26 heavy (non-hydrogen) atoms. The van der Waals surface area contributed by atoms with Gasteiger partial charge in [-0.1, -0.05) is 31.9 Å². The van der Waals surface area contributed by atoms with Crippen LogP contribution in [-0.2, 0) is 0 Å². The van der Waals surface area contributed by atoms with Crippen molar-refractivity contribution in [2.75, 3.05) is 0 Å². The van der Waals surface area contributed by atoms with Gasteiger partial charge in [-0.25, -0.2) is 15.6 Å². The second kappa shape index (κ2) is 9.85. The van der Waals surface area contributed by atoms with Crippen LogP contribution in [0.2, 0.25) is 0 Å². The van der Waals surface area contributed by atoms with E-state index in [0.29, 0.717) is 18.3 Å². The lowest BCUT2D eigenvalue weighted by Crippen LogP contribution is -2.28. The molecule has 0 aromatic heterocycles. The average Bonchev–Trinajstić information content (AvgIpc) is 2.56. The van der Waals surface area contributed by atoms with Crippen LogP contribution in [0.3, 0.4) is 0 Å². The van der Waals surface area contributed by atoms with Crippen LogP contribution >= 0.6 is 77.0 Å². The molecule has 7 nitrogen and oxygen atoms in total. The van der Waals surface area contributed by atoms with Crippen molar-refractivity contribution in [1.82, 2.24) is 10.9 Å². The Bertz CT molecular complexity index is 835. The molecule has 0 atom stereocenters. The number of amides is 2. The van der Waals surface area contributed by atoms with Crippen molar-refractivity contribution in [3.05, 3.63) is 51.5 Å². The fraction of sp³-hybridized carbons (Fsp3) is 0. The van der Waals surface area contributed by atoms with E-state index >= 15 is 0 Å². The number of hydrogen-bond donors (Lipinski definition) is 4. The van der Waals surface area contributed by atoms with Gasteiger partial charge in [0.1, 0.15) is 11.5 Å². The van der Waals surface area contributed by atoms with E-state index in [2.05, 4.69) is 52.9 Å². The van der Waals surface area contributed by atoms with E-state index in [1.807, 2.05) is 45.2 Å². The summed E-state index contributed by atoms with van der Waals surface area (Å²) in [6, 6.07) is 6.15. The molecule has 11 heteroatoms. The number of carbonyl (C=O) groups is 1. The molecule has 2 aromatic carbocycles. The molecule has 2 aromatic rings. The van der Waals surface area contributed by atoms with Gasteiger partial charge in [-0.05, 0) is 69.4 Å². The number of urea groups is 1. The molecule has 0 saturated carbocycles. The fourth-order valence-electron chi connectivity index (χ4n) is 1.71. The molecule has 2 rings (SSSR count). The maximum absolute atomic E-state index is 11.7. The molecule has 0 unspecified atom stereocenters. The number of phenols is 2. The molecule has 0 radical (unpaired) electrons. The van der Waals surface area contributed by atoms with Crippen LogP contribution in [0, 0.1) is 7.14 Å². The Morgan fingerprint density at radius 2 is 1.27 bits per heavy atom. The van der Waals surface area contributed by atoms with Crippen LogP contribution in [0.25, 0.3) is 0 Å². The highest BCUT2D eigenvalue weighted by Gasteiger charge is 2.06. The molecule has 0 heterocycles. The van der Waals surface area contributed by atoms with Crippen LogP contribution in [-0.4, -0.2) is 28.7 Å². The number of aromatic hydroxyl groups is 2. The summed E-state index contributed by atoms with van der Waals surface area (Å²) in [5, 5.41) is 27.4. The zero-order valence-electron chi connectivity index (χ0n) is 12.7. The third kappa shape index (κ3) is 6.06. The zero-order chi connectivity index (χ0) is 19.3. The van der Waals surface area contributed by atoms with Crippen LogP contribution < -0.4 is 10.9 Å². The third-order valence-electron chi connectivity index (χ3n) is 2.85. The smallest absolute Gasteiger partial charge is 0.355 e. The van der Waals surface area contributed by atoms with Gasteiger partial charge in [0, 0.05) is 20.1 Å². The molecular weight excluding hydrogens is 698 g/mol. The molecule has 0 aliphatic carbocycles. The topological polar surface area (TPSA) is 106 Å². The molecular formula is C15H10Br2I2N4O3. The Morgan fingerprint density at radius 3 is 1.65 bits per heavy atom. The molecule has 0 aliphatic heterocycles. The van der Waals surface area contributed by atoms with E-state index < -0.39 is 6.03 Å². The summed E-state index contributed by atoms with van der Waals surface area (Å²) in [4.78, 5) is 11.7. The molecule has 0 fully saturated rings. The van der Waals surface area contributed by atoms with Crippen LogP contribution in [0.1, 0.15) is 11.1 Å². The van der Waals surface area contributed by atoms with Crippen LogP contribution in [0.5, 0.6) is 11.5 Å². The second-order valence-corrected chi connectivity index (χ2v) is 8.88. The zero-order valence-corrected chi connectivity index (χ0v) is 20.2. The number of phenolic OH excluding ortho intramolecular Hbond substituents is 2. The van der Waals surface area contributed by atoms with Gasteiger partial charge in [0.05, 0.1) is 19.6 Å². The summed E-state index contributed by atoms with van der Waals surface area (Å²) in [5.41, 5.74) is 5.34. The molecule has 2 amide bonds. The quantitative estimate of drug-likeness (QED) is 0.214. The van der Waals surface area contributed by atoms with E-state index in [-0.39, 0.29) is 11.5 Å². The average molecular weight is 708 g/mol. The summed E-state index contributed by atoms with van der Waals surface area (Å²) in [5.74, 6) is 0.134. The number of rotatable bonds is 4. The molecule has 4 N–H and O–H groups in total. The van der Waals surface area contributed by atoms with Gasteiger partial charge in [0.15, 0.2) is 0 Å². The largest absolute Gasteiger partial charge is 0.506 e. The Hall–Kier alpha value is -0.930. The number of nitrogens with one attached hydrogen (secondary N) is 2. The summed E-state index contributed by atoms with van der Waals surface area (Å²) < 4.78 is 2.85. The second-order valence-electron chi connectivity index (χ2n) is 4.72. The Labute approximate surface area is 192 Å². The van der Waals surface area contributed by atoms with Crippen molar-refractivity contribution in [2.45, 2.75) is 0 Å². The number of carbonyl (C=O) groups excluding carboxylic acids is 1. The highest BCUT2D eigenvalue weighted by Crippen LogP contribution is 2.28. The molecule has 0 bridgehead atoms. The monoisotopic (exact) mass is 706 g/mol. The van der Waals surface area contributed by atoms with Crippen molar-refractivity contribution >= 4 is 95.5 Å². The van der Waals surface area contributed by atoms with Crippen molar-refractivity contribution in [3.63, 3.8) is 0 Å². The van der Waals surface area contributed by atoms with Crippen molar-refractivity contribution in [1.29, 1.82) is 0 Å². The summed E-state index contributed by atoms with van der Waals surface area (Å²) in [7, 11) is 0. The van der Waals surface area contributed by atoms with Gasteiger partial charge in [0.2, 0.25) is 0 Å². The summed E-state index contributed by atoms with van der Waals surface area (Å²) in [6.07, 6.45) is 2.63. The Balaban J connectivity index is 1.96. The SMILES string of the molecule is O=C(N/N=C/c1cc(Br)cc(I)c1O)N/N=C/c1cc(Br)cc(I)c1O. The Morgan fingerprint density at radius 1 is 0.885 bits per heavy atom. The number of halogens is 4. The molecule has 136 valence electrons. The lowest BCUT2D eigenvalue weighted by Gasteiger charge is -2.04. The predicted molar refractivity (Wildman–Crippen MR) is 124 cm³/mol. The first kappa shape index (κ1) is 21.4. The van der Waals surface area contributed by atoms with Gasteiger partial charge >= 0.3 is 6.03 Å². The third-order valence-corrected chi connectivity index (χ3v) is 5.42. The van der Waals surface area contributed by atoms with Gasteiger partial charge < -0.3 is 10.2 Å². The number of nitrogens with zero attached hydrogens (tertiary/aromatic N) is 2. The first-order valence-corrected chi connectivity index (χ1v) is 10.5. The van der Waals surface area contributed by atoms with Gasteiger partial charge in [-0.2, -0.15) is 10.2 Å². The number of hydrazone groups is 2. The molecule has 0 spiro atoms. The minimum atomic E-state index is -0.675. The van der Waals surface area contributed by atoms with Crippen molar-refractivity contribution in [3.8, 4) is 11.5 Å². The lowest BCUT2D eigenvalue weighted by molar-refractivity contribution is 0.242. The Kier molecular flexibility index (Phi) is 8.09. The summed E-state index contributed by atoms with van der Waals surface area (Å²) in [6.45, 7) is 0. The number of hydrogen-bond acceptors (Lipinski definition) is 5. The minimum Gasteiger partial charge on any atom is -0.506 e. The minimum absolute atomic E-state index is 0.0671. The van der Waals surface area contributed by atoms with Gasteiger partial charge in [0.25, 0.3) is 0 Å². The predicted octanol–water partition coefficient (Wildman–Crippen LogP) is 4.50. The maximum Gasteiger partial charge on any atom is 0.355 e. The van der Waals surface area contributed by atoms with E-state index in [4.69, 9.17) is 0 Å². The highest BCUT2D eigenvalue weighted by molar-refractivity contribution is 14.1. The number of benzene rings is 2. The van der Waals surface area contributed by atoms with E-state index in [1.54, 1.807) is 24.3 Å². The van der Waals surface area contributed by atoms with Crippen LogP contribution in [0.4, 0.5) is 4.79 Å². The van der Waals surface area contributed by atoms with Crippen molar-refractivity contribution < 1.29 is 15.0 Å². The van der Waals surface area contributed by atoms with Crippen molar-refractivity contribution in [2.24, 2.45) is 10.2 Å². The molecule has 0 aliphatic rings. The first-order chi connectivity index (χ1) is 12.3. The normalized spacial score (nSPS) is 11.2. The fourth-order valence-corrected chi connectivity index (χ4v) is 4.82. The first-order valence-electron chi connectivity index (χ1n) is 6.76. The standard InChI is InChI=1S/C15H10Br2I2N4O3/c16-9-1-7(13(24)11(18)3-9)5-20-22-15(26)23-21-6-8-2-10(17)4-12(19)14(8)25/h1-6,24-25H,(H2,22,23,26)/b20-5+,21-6+. The van der Waals surface area contributed by atoms with E-state index in [1.165, 1.54) is 12.4 Å². The van der Waals surface area contributed by atoms with Gasteiger partial charge in [-0.3, -0.25) is 0 Å². The van der Waals surface area contributed by atoms with E-state index in [0.717, 1.165) is 8.95 Å². The lowest BCUT2D eigenvalue weighted by atomic mass is 10.2. The van der Waals surface area contributed by atoms with E-state index in [9.17, 15) is 15.0 Å². The summed E-state index contributed by atoms with van der Waals surface area (Å²) >= 11 is 10.6. The maximum atomic E-state index is 11.7. The van der Waals surface area contributed by atoms with Gasteiger partial charge in [-0.15, -0.1) is 0 Å².